The fraction of sp³-hybridized carbons (Fsp3) is 0.231. The monoisotopic (exact) mass is 358 g/mol. The molecule has 8 heteroatoms. The molecule has 1 aromatic heterocycles. The Morgan fingerprint density at radius 3 is 2.38 bits per heavy atom. The Kier molecular flexibility index (Phi) is 3.96. The van der Waals surface area contributed by atoms with Gasteiger partial charge in [0.05, 0.1) is 0 Å². The first-order chi connectivity index (χ1) is 9.75. The van der Waals surface area contributed by atoms with E-state index in [1.807, 2.05) is 6.07 Å². The summed E-state index contributed by atoms with van der Waals surface area (Å²) in [5.74, 6) is -0.291. The third-order valence-corrected chi connectivity index (χ3v) is 3.55. The predicted molar refractivity (Wildman–Crippen MR) is 75.3 cm³/mol. The average Bonchev–Trinajstić information content (AvgIpc) is 2.74. The van der Waals surface area contributed by atoms with Crippen LogP contribution in [0.5, 0.6) is 0 Å². The number of halogens is 4. The largest absolute Gasteiger partial charge is 0.410 e. The summed E-state index contributed by atoms with van der Waals surface area (Å²) in [7, 11) is 0. The molecular weight excluding hydrogens is 349 g/mol. The van der Waals surface area contributed by atoms with E-state index < -0.39 is 12.2 Å². The average molecular weight is 359 g/mol. The van der Waals surface area contributed by atoms with E-state index in [1.54, 1.807) is 24.3 Å². The van der Waals surface area contributed by atoms with Crippen molar-refractivity contribution in [3.8, 4) is 17.3 Å². The summed E-state index contributed by atoms with van der Waals surface area (Å²) < 4.78 is 39.9. The van der Waals surface area contributed by atoms with E-state index in [1.165, 1.54) is 0 Å². The highest BCUT2D eigenvalue weighted by molar-refractivity contribution is 9.10. The van der Waals surface area contributed by atoms with Gasteiger partial charge in [-0.05, 0) is 19.1 Å². The van der Waals surface area contributed by atoms with Gasteiger partial charge in [0, 0.05) is 10.0 Å². The van der Waals surface area contributed by atoms with Crippen molar-refractivity contribution in [2.45, 2.75) is 19.1 Å². The van der Waals surface area contributed by atoms with Crippen LogP contribution in [0.15, 0.2) is 28.7 Å². The normalized spacial score (nSPS) is 13.0. The summed E-state index contributed by atoms with van der Waals surface area (Å²) in [5.41, 5.74) is 6.25. The molecule has 0 amide bonds. The molecule has 0 aliphatic heterocycles. The molecule has 0 saturated carbocycles. The third kappa shape index (κ3) is 2.88. The minimum absolute atomic E-state index is 0.0616. The van der Waals surface area contributed by atoms with Gasteiger partial charge >= 0.3 is 6.18 Å². The molecule has 0 aliphatic carbocycles. The molecule has 0 saturated heterocycles. The number of nitrogens with two attached hydrogens (primary N) is 1. The van der Waals surface area contributed by atoms with Crippen LogP contribution in [0.25, 0.3) is 11.3 Å². The molecule has 2 aromatic rings. The summed E-state index contributed by atoms with van der Waals surface area (Å²) in [4.78, 5) is 0. The van der Waals surface area contributed by atoms with Gasteiger partial charge in [-0.25, -0.2) is 4.68 Å². The van der Waals surface area contributed by atoms with Crippen LogP contribution in [0, 0.1) is 11.3 Å². The number of rotatable bonds is 2. The van der Waals surface area contributed by atoms with Crippen molar-refractivity contribution in [2.75, 3.05) is 5.73 Å². The Morgan fingerprint density at radius 1 is 1.33 bits per heavy atom. The number of aromatic nitrogens is 2. The molecular formula is C13H10BrF3N4. The molecule has 2 rings (SSSR count). The highest BCUT2D eigenvalue weighted by Gasteiger charge is 2.40. The first kappa shape index (κ1) is 15.4. The van der Waals surface area contributed by atoms with Crippen molar-refractivity contribution in [2.24, 2.45) is 0 Å². The summed E-state index contributed by atoms with van der Waals surface area (Å²) in [6, 6.07) is 6.62. The summed E-state index contributed by atoms with van der Waals surface area (Å²) in [5, 5.41) is 13.0. The molecule has 0 aliphatic rings. The van der Waals surface area contributed by atoms with Crippen molar-refractivity contribution >= 4 is 21.7 Å². The lowest BCUT2D eigenvalue weighted by molar-refractivity contribution is -0.164. The van der Waals surface area contributed by atoms with Gasteiger partial charge in [0.1, 0.15) is 29.2 Å². The van der Waals surface area contributed by atoms with Crippen LogP contribution in [0.3, 0.4) is 0 Å². The second-order valence-electron chi connectivity index (χ2n) is 4.39. The quantitative estimate of drug-likeness (QED) is 0.885. The number of alkyl halides is 3. The maximum Gasteiger partial charge on any atom is 0.410 e. The molecule has 1 unspecified atom stereocenters. The number of benzene rings is 1. The van der Waals surface area contributed by atoms with Crippen molar-refractivity contribution in [3.63, 3.8) is 0 Å². The van der Waals surface area contributed by atoms with Crippen LogP contribution < -0.4 is 5.73 Å². The van der Waals surface area contributed by atoms with Crippen LogP contribution in [0.2, 0.25) is 0 Å². The van der Waals surface area contributed by atoms with Gasteiger partial charge in [-0.1, -0.05) is 28.1 Å². The van der Waals surface area contributed by atoms with Crippen LogP contribution in [0.1, 0.15) is 18.5 Å². The molecule has 0 radical (unpaired) electrons. The number of anilines is 1. The van der Waals surface area contributed by atoms with Gasteiger partial charge in [-0.3, -0.25) is 0 Å². The Bertz CT molecular complexity index is 698. The SMILES string of the molecule is CC(n1nc(-c2ccc(Br)cc2)c(C#N)c1N)C(F)(F)F. The lowest BCUT2D eigenvalue weighted by Gasteiger charge is -2.16. The van der Waals surface area contributed by atoms with Crippen molar-refractivity contribution in [1.82, 2.24) is 9.78 Å². The fourth-order valence-corrected chi connectivity index (χ4v) is 2.07. The van der Waals surface area contributed by atoms with Crippen LogP contribution in [0.4, 0.5) is 19.0 Å². The van der Waals surface area contributed by atoms with Crippen LogP contribution >= 0.6 is 15.9 Å². The number of nitriles is 1. The molecule has 2 N–H and O–H groups in total. The van der Waals surface area contributed by atoms with E-state index in [0.29, 0.717) is 10.2 Å². The van der Waals surface area contributed by atoms with Gasteiger partial charge in [-0.15, -0.1) is 0 Å². The number of nitrogens with zero attached hydrogens (tertiary/aromatic N) is 3. The number of hydrogen-bond donors (Lipinski definition) is 1. The summed E-state index contributed by atoms with van der Waals surface area (Å²) in [6.07, 6.45) is -4.50. The van der Waals surface area contributed by atoms with Crippen LogP contribution in [-0.4, -0.2) is 16.0 Å². The minimum Gasteiger partial charge on any atom is -0.383 e. The second kappa shape index (κ2) is 5.41. The van der Waals surface area contributed by atoms with Gasteiger partial charge in [0.2, 0.25) is 0 Å². The maximum atomic E-state index is 12.8. The molecule has 0 bridgehead atoms. The van der Waals surface area contributed by atoms with Crippen LogP contribution in [-0.2, 0) is 0 Å². The Labute approximate surface area is 127 Å². The molecule has 4 nitrogen and oxygen atoms in total. The second-order valence-corrected chi connectivity index (χ2v) is 5.31. The molecule has 0 fully saturated rings. The van der Waals surface area contributed by atoms with E-state index in [0.717, 1.165) is 11.4 Å². The number of nitrogen functional groups attached to an aromatic ring is 1. The lowest BCUT2D eigenvalue weighted by atomic mass is 10.1. The van der Waals surface area contributed by atoms with Crippen molar-refractivity contribution < 1.29 is 13.2 Å². The Morgan fingerprint density at radius 2 is 1.90 bits per heavy atom. The van der Waals surface area contributed by atoms with Crippen molar-refractivity contribution in [1.29, 1.82) is 5.26 Å². The standard InChI is InChI=1S/C13H10BrF3N4/c1-7(13(15,16)17)21-12(19)10(6-18)11(20-21)8-2-4-9(14)5-3-8/h2-5,7H,19H2,1H3. The molecule has 0 spiro atoms. The summed E-state index contributed by atoms with van der Waals surface area (Å²) in [6.45, 7) is 0.940. The topological polar surface area (TPSA) is 67.6 Å². The fourth-order valence-electron chi connectivity index (χ4n) is 1.80. The zero-order valence-electron chi connectivity index (χ0n) is 10.8. The Balaban J connectivity index is 2.59. The number of hydrogen-bond acceptors (Lipinski definition) is 3. The Hall–Kier alpha value is -2.01. The van der Waals surface area contributed by atoms with Gasteiger partial charge < -0.3 is 5.73 Å². The van der Waals surface area contributed by atoms with Crippen molar-refractivity contribution in [3.05, 3.63) is 34.3 Å². The van der Waals surface area contributed by atoms with Gasteiger partial charge in [0.15, 0.2) is 0 Å². The molecule has 21 heavy (non-hydrogen) atoms. The first-order valence-electron chi connectivity index (χ1n) is 5.86. The van der Waals surface area contributed by atoms with E-state index in [-0.39, 0.29) is 17.1 Å². The zero-order chi connectivity index (χ0) is 15.8. The van der Waals surface area contributed by atoms with E-state index in [9.17, 15) is 13.2 Å². The highest BCUT2D eigenvalue weighted by Crippen LogP contribution is 2.35. The van der Waals surface area contributed by atoms with E-state index in [2.05, 4.69) is 21.0 Å². The lowest BCUT2D eigenvalue weighted by Crippen LogP contribution is -2.25. The molecule has 1 heterocycles. The zero-order valence-corrected chi connectivity index (χ0v) is 12.4. The maximum absolute atomic E-state index is 12.8. The molecule has 1 aromatic carbocycles. The van der Waals surface area contributed by atoms with E-state index in [4.69, 9.17) is 11.0 Å². The smallest absolute Gasteiger partial charge is 0.383 e. The molecule has 1 atom stereocenters. The van der Waals surface area contributed by atoms with E-state index >= 15 is 0 Å². The highest BCUT2D eigenvalue weighted by atomic mass is 79.9. The first-order valence-corrected chi connectivity index (χ1v) is 6.65. The molecule has 110 valence electrons. The predicted octanol–water partition coefficient (Wildman–Crippen LogP) is 3.89. The minimum atomic E-state index is -4.50. The summed E-state index contributed by atoms with van der Waals surface area (Å²) >= 11 is 3.26. The van der Waals surface area contributed by atoms with Gasteiger partial charge in [-0.2, -0.15) is 23.5 Å². The third-order valence-electron chi connectivity index (χ3n) is 3.02. The van der Waals surface area contributed by atoms with Gasteiger partial charge in [0.25, 0.3) is 0 Å².